The molecule has 114 valence electrons. The van der Waals surface area contributed by atoms with E-state index in [1.807, 2.05) is 49.4 Å². The first-order chi connectivity index (χ1) is 11.1. The van der Waals surface area contributed by atoms with Crippen LogP contribution >= 0.6 is 0 Å². The Labute approximate surface area is 135 Å². The lowest BCUT2D eigenvalue weighted by atomic mass is 9.99. The molecule has 3 aromatic carbocycles. The summed E-state index contributed by atoms with van der Waals surface area (Å²) >= 11 is 0. The summed E-state index contributed by atoms with van der Waals surface area (Å²) in [7, 11) is 0. The molecule has 0 aliphatic carbocycles. The molecular weight excluding hydrogens is 286 g/mol. The van der Waals surface area contributed by atoms with Gasteiger partial charge in [-0.2, -0.15) is 0 Å². The number of anilines is 1. The molecule has 0 spiro atoms. The van der Waals surface area contributed by atoms with Crippen LogP contribution in [0.25, 0.3) is 0 Å². The van der Waals surface area contributed by atoms with E-state index in [1.165, 1.54) is 0 Å². The van der Waals surface area contributed by atoms with E-state index in [4.69, 9.17) is 10.5 Å². The summed E-state index contributed by atoms with van der Waals surface area (Å²) < 4.78 is 5.79. The number of nitrogen functional groups attached to an aromatic ring is 1. The number of hydrogen-bond donors (Lipinski definition) is 1. The summed E-state index contributed by atoms with van der Waals surface area (Å²) in [4.78, 5) is 12.6. The van der Waals surface area contributed by atoms with Gasteiger partial charge in [-0.1, -0.05) is 18.2 Å². The van der Waals surface area contributed by atoms with Gasteiger partial charge in [-0.15, -0.1) is 0 Å². The number of carbonyl (C=O) groups is 1. The zero-order valence-electron chi connectivity index (χ0n) is 12.8. The van der Waals surface area contributed by atoms with Crippen molar-refractivity contribution in [2.45, 2.75) is 6.92 Å². The Balaban J connectivity index is 1.84. The van der Waals surface area contributed by atoms with Crippen molar-refractivity contribution in [2.24, 2.45) is 0 Å². The lowest BCUT2D eigenvalue weighted by molar-refractivity contribution is 0.103. The molecule has 3 rings (SSSR count). The molecule has 0 radical (unpaired) electrons. The van der Waals surface area contributed by atoms with E-state index in [2.05, 4.69) is 0 Å². The lowest BCUT2D eigenvalue weighted by Crippen LogP contribution is -2.04. The molecule has 0 heterocycles. The highest BCUT2D eigenvalue weighted by atomic mass is 16.5. The van der Waals surface area contributed by atoms with Gasteiger partial charge >= 0.3 is 0 Å². The van der Waals surface area contributed by atoms with Gasteiger partial charge in [0.1, 0.15) is 11.5 Å². The van der Waals surface area contributed by atoms with Gasteiger partial charge in [0.2, 0.25) is 0 Å². The van der Waals surface area contributed by atoms with Crippen molar-refractivity contribution in [3.8, 4) is 11.5 Å². The van der Waals surface area contributed by atoms with Crippen molar-refractivity contribution in [2.75, 3.05) is 5.73 Å². The summed E-state index contributed by atoms with van der Waals surface area (Å²) in [6, 6.07) is 22.0. The van der Waals surface area contributed by atoms with Crippen LogP contribution in [0.5, 0.6) is 11.5 Å². The average Bonchev–Trinajstić information content (AvgIpc) is 2.56. The second-order valence-corrected chi connectivity index (χ2v) is 5.34. The topological polar surface area (TPSA) is 52.3 Å². The second-order valence-electron chi connectivity index (χ2n) is 5.34. The summed E-state index contributed by atoms with van der Waals surface area (Å²) in [6.07, 6.45) is 0. The third-order valence-corrected chi connectivity index (χ3v) is 3.59. The first-order valence-corrected chi connectivity index (χ1v) is 7.37. The van der Waals surface area contributed by atoms with Crippen LogP contribution in [0.15, 0.2) is 72.8 Å². The molecule has 0 saturated carbocycles. The fourth-order valence-electron chi connectivity index (χ4n) is 2.37. The molecular formula is C20H17NO2. The monoisotopic (exact) mass is 303 g/mol. The van der Waals surface area contributed by atoms with Crippen molar-refractivity contribution in [3.05, 3.63) is 89.5 Å². The van der Waals surface area contributed by atoms with Gasteiger partial charge in [-0.05, 0) is 67.1 Å². The van der Waals surface area contributed by atoms with Crippen LogP contribution in [-0.2, 0) is 0 Å². The third kappa shape index (κ3) is 3.40. The molecule has 0 unspecified atom stereocenters. The molecule has 23 heavy (non-hydrogen) atoms. The van der Waals surface area contributed by atoms with Crippen LogP contribution in [0.2, 0.25) is 0 Å². The third-order valence-electron chi connectivity index (χ3n) is 3.59. The fourth-order valence-corrected chi connectivity index (χ4v) is 2.37. The van der Waals surface area contributed by atoms with E-state index in [1.54, 1.807) is 30.3 Å². The van der Waals surface area contributed by atoms with Crippen LogP contribution in [-0.4, -0.2) is 5.78 Å². The van der Waals surface area contributed by atoms with Crippen molar-refractivity contribution < 1.29 is 9.53 Å². The maximum absolute atomic E-state index is 12.6. The fraction of sp³-hybridized carbons (Fsp3) is 0.0500. The van der Waals surface area contributed by atoms with Gasteiger partial charge in [-0.3, -0.25) is 4.79 Å². The van der Waals surface area contributed by atoms with Crippen LogP contribution in [0.1, 0.15) is 21.5 Å². The molecule has 0 fully saturated rings. The average molecular weight is 303 g/mol. The minimum absolute atomic E-state index is 0.0197. The number of benzene rings is 3. The Bertz CT molecular complexity index is 824. The van der Waals surface area contributed by atoms with E-state index in [0.717, 1.165) is 11.3 Å². The number of ketones is 1. The van der Waals surface area contributed by atoms with Gasteiger partial charge in [0, 0.05) is 16.8 Å². The highest BCUT2D eigenvalue weighted by Crippen LogP contribution is 2.25. The smallest absolute Gasteiger partial charge is 0.193 e. The summed E-state index contributed by atoms with van der Waals surface area (Å²) in [6.45, 7) is 1.91. The van der Waals surface area contributed by atoms with Crippen LogP contribution in [0.3, 0.4) is 0 Å². The minimum Gasteiger partial charge on any atom is -0.457 e. The maximum atomic E-state index is 12.6. The Morgan fingerprint density at radius 1 is 0.870 bits per heavy atom. The number of para-hydroxylation sites is 1. The zero-order valence-corrected chi connectivity index (χ0v) is 12.8. The molecule has 3 aromatic rings. The summed E-state index contributed by atoms with van der Waals surface area (Å²) in [5, 5.41) is 0. The number of carbonyl (C=O) groups excluding carboxylic acids is 1. The number of hydrogen-bond acceptors (Lipinski definition) is 3. The molecule has 3 nitrogen and oxygen atoms in total. The molecule has 0 aliphatic heterocycles. The van der Waals surface area contributed by atoms with Gasteiger partial charge < -0.3 is 10.5 Å². The zero-order chi connectivity index (χ0) is 16.2. The molecule has 0 amide bonds. The molecule has 2 N–H and O–H groups in total. The van der Waals surface area contributed by atoms with Crippen molar-refractivity contribution in [1.29, 1.82) is 0 Å². The minimum atomic E-state index is -0.0197. The van der Waals surface area contributed by atoms with E-state index >= 15 is 0 Å². The number of ether oxygens (including phenoxy) is 1. The van der Waals surface area contributed by atoms with Gasteiger partial charge in [-0.25, -0.2) is 0 Å². The van der Waals surface area contributed by atoms with Gasteiger partial charge in [0.15, 0.2) is 5.78 Å². The molecule has 0 saturated heterocycles. The van der Waals surface area contributed by atoms with Crippen LogP contribution in [0.4, 0.5) is 5.69 Å². The SMILES string of the molecule is Cc1cc(Oc2ccccc2)ccc1C(=O)c1ccc(N)cc1. The Kier molecular flexibility index (Phi) is 4.11. The predicted molar refractivity (Wildman–Crippen MR) is 92.0 cm³/mol. The highest BCUT2D eigenvalue weighted by molar-refractivity contribution is 6.10. The second kappa shape index (κ2) is 6.36. The number of rotatable bonds is 4. The largest absolute Gasteiger partial charge is 0.457 e. The number of nitrogens with two attached hydrogens (primary N) is 1. The van der Waals surface area contributed by atoms with Crippen molar-refractivity contribution in [1.82, 2.24) is 0 Å². The Morgan fingerprint density at radius 2 is 1.57 bits per heavy atom. The van der Waals surface area contributed by atoms with E-state index in [0.29, 0.717) is 22.6 Å². The van der Waals surface area contributed by atoms with E-state index in [-0.39, 0.29) is 5.78 Å². The van der Waals surface area contributed by atoms with Crippen LogP contribution < -0.4 is 10.5 Å². The Morgan fingerprint density at radius 3 is 2.22 bits per heavy atom. The molecule has 0 aromatic heterocycles. The number of aryl methyl sites for hydroxylation is 1. The van der Waals surface area contributed by atoms with Crippen LogP contribution in [0, 0.1) is 6.92 Å². The van der Waals surface area contributed by atoms with E-state index < -0.39 is 0 Å². The highest BCUT2D eigenvalue weighted by Gasteiger charge is 2.12. The molecule has 0 aliphatic rings. The predicted octanol–water partition coefficient (Wildman–Crippen LogP) is 4.60. The molecule has 0 atom stereocenters. The quantitative estimate of drug-likeness (QED) is 0.566. The standard InChI is InChI=1S/C20H17NO2/c1-14-13-18(23-17-5-3-2-4-6-17)11-12-19(14)20(22)15-7-9-16(21)10-8-15/h2-13H,21H2,1H3. The van der Waals surface area contributed by atoms with Gasteiger partial charge in [0.05, 0.1) is 0 Å². The maximum Gasteiger partial charge on any atom is 0.193 e. The molecule has 3 heteroatoms. The first kappa shape index (κ1) is 14.9. The van der Waals surface area contributed by atoms with E-state index in [9.17, 15) is 4.79 Å². The molecule has 0 bridgehead atoms. The summed E-state index contributed by atoms with van der Waals surface area (Å²) in [5.41, 5.74) is 8.47. The Hall–Kier alpha value is -3.07. The first-order valence-electron chi connectivity index (χ1n) is 7.37. The van der Waals surface area contributed by atoms with Gasteiger partial charge in [0.25, 0.3) is 0 Å². The normalized spacial score (nSPS) is 10.3. The van der Waals surface area contributed by atoms with Crippen molar-refractivity contribution >= 4 is 11.5 Å². The summed E-state index contributed by atoms with van der Waals surface area (Å²) in [5.74, 6) is 1.46. The van der Waals surface area contributed by atoms with Crippen molar-refractivity contribution in [3.63, 3.8) is 0 Å². The lowest BCUT2D eigenvalue weighted by Gasteiger charge is -2.10.